The van der Waals surface area contributed by atoms with Gasteiger partial charge in [0.05, 0.1) is 0 Å². The first-order valence-electron chi connectivity index (χ1n) is 4.84. The summed E-state index contributed by atoms with van der Waals surface area (Å²) in [4.78, 5) is 0. The lowest BCUT2D eigenvalue weighted by Crippen LogP contribution is -1.94. The highest BCUT2D eigenvalue weighted by Gasteiger charge is 2.14. The molecule has 90 valence electrons. The number of aromatic nitrogens is 2. The van der Waals surface area contributed by atoms with Crippen LogP contribution < -0.4 is 5.32 Å². The molecule has 0 fully saturated rings. The highest BCUT2D eigenvalue weighted by atomic mass is 32.1. The molecule has 1 N–H and O–H groups in total. The fourth-order valence-electron chi connectivity index (χ4n) is 1.24. The minimum Gasteiger partial charge on any atom is -0.360 e. The van der Waals surface area contributed by atoms with Crippen molar-refractivity contribution in [2.45, 2.75) is 6.92 Å². The molecule has 0 amide bonds. The average Bonchev–Trinajstić information content (AvgIpc) is 2.74. The van der Waals surface area contributed by atoms with Gasteiger partial charge in [0.2, 0.25) is 5.13 Å². The minimum absolute atomic E-state index is 0.169. The molecule has 0 spiro atoms. The molecule has 0 saturated heterocycles. The van der Waals surface area contributed by atoms with Crippen molar-refractivity contribution in [1.29, 1.82) is 0 Å². The van der Waals surface area contributed by atoms with Gasteiger partial charge >= 0.3 is 0 Å². The lowest BCUT2D eigenvalue weighted by Gasteiger charge is -1.98. The van der Waals surface area contributed by atoms with E-state index in [-0.39, 0.29) is 5.56 Å². The van der Waals surface area contributed by atoms with Crippen molar-refractivity contribution in [2.24, 2.45) is 0 Å². The lowest BCUT2D eigenvalue weighted by atomic mass is 10.2. The SMILES string of the molecule is CCNc1nnc(-c2cc(F)c(F)c(F)c2)s1. The molecule has 2 aromatic rings. The van der Waals surface area contributed by atoms with Crippen molar-refractivity contribution >= 4 is 16.5 Å². The zero-order valence-electron chi connectivity index (χ0n) is 8.80. The van der Waals surface area contributed by atoms with Gasteiger partial charge in [-0.05, 0) is 19.1 Å². The summed E-state index contributed by atoms with van der Waals surface area (Å²) >= 11 is 1.14. The monoisotopic (exact) mass is 259 g/mol. The minimum atomic E-state index is -1.48. The van der Waals surface area contributed by atoms with Crippen LogP contribution >= 0.6 is 11.3 Å². The first-order chi connectivity index (χ1) is 8.11. The van der Waals surface area contributed by atoms with E-state index >= 15 is 0 Å². The van der Waals surface area contributed by atoms with E-state index in [4.69, 9.17) is 0 Å². The number of anilines is 1. The summed E-state index contributed by atoms with van der Waals surface area (Å²) in [5.41, 5.74) is 0.169. The molecular weight excluding hydrogens is 251 g/mol. The summed E-state index contributed by atoms with van der Waals surface area (Å²) in [7, 11) is 0. The van der Waals surface area contributed by atoms with Gasteiger partial charge in [0.25, 0.3) is 0 Å². The van der Waals surface area contributed by atoms with Crippen LogP contribution in [0, 0.1) is 17.5 Å². The van der Waals surface area contributed by atoms with Crippen LogP contribution in [0.15, 0.2) is 12.1 Å². The maximum atomic E-state index is 13.0. The summed E-state index contributed by atoms with van der Waals surface area (Å²) in [6, 6.07) is 1.79. The summed E-state index contributed by atoms with van der Waals surface area (Å²) in [6.45, 7) is 2.55. The van der Waals surface area contributed by atoms with Crippen LogP contribution in [0.4, 0.5) is 18.3 Å². The number of rotatable bonds is 3. The largest absolute Gasteiger partial charge is 0.360 e. The fourth-order valence-corrected chi connectivity index (χ4v) is 2.04. The molecule has 0 bridgehead atoms. The summed E-state index contributed by atoms with van der Waals surface area (Å²) < 4.78 is 38.8. The van der Waals surface area contributed by atoms with Crippen LogP contribution in [-0.2, 0) is 0 Å². The molecule has 0 aliphatic carbocycles. The predicted octanol–water partition coefficient (Wildman–Crippen LogP) is 3.05. The van der Waals surface area contributed by atoms with Crippen LogP contribution in [-0.4, -0.2) is 16.7 Å². The van der Waals surface area contributed by atoms with E-state index in [1.807, 2.05) is 6.92 Å². The Morgan fingerprint density at radius 3 is 2.41 bits per heavy atom. The fraction of sp³-hybridized carbons (Fsp3) is 0.200. The van der Waals surface area contributed by atoms with E-state index in [0.717, 1.165) is 23.5 Å². The van der Waals surface area contributed by atoms with E-state index < -0.39 is 17.5 Å². The van der Waals surface area contributed by atoms with Crippen molar-refractivity contribution < 1.29 is 13.2 Å². The lowest BCUT2D eigenvalue weighted by molar-refractivity contribution is 0.447. The molecule has 3 nitrogen and oxygen atoms in total. The van der Waals surface area contributed by atoms with Gasteiger partial charge in [-0.15, -0.1) is 10.2 Å². The van der Waals surface area contributed by atoms with Gasteiger partial charge in [-0.25, -0.2) is 13.2 Å². The third kappa shape index (κ3) is 2.38. The molecule has 7 heteroatoms. The van der Waals surface area contributed by atoms with Crippen LogP contribution in [0.1, 0.15) is 6.92 Å². The smallest absolute Gasteiger partial charge is 0.205 e. The normalized spacial score (nSPS) is 10.6. The van der Waals surface area contributed by atoms with Crippen LogP contribution in [0.25, 0.3) is 10.6 Å². The Bertz CT molecular complexity index is 518. The van der Waals surface area contributed by atoms with Crippen LogP contribution in [0.5, 0.6) is 0 Å². The highest BCUT2D eigenvalue weighted by molar-refractivity contribution is 7.18. The number of benzene rings is 1. The van der Waals surface area contributed by atoms with E-state index in [1.165, 1.54) is 0 Å². The maximum absolute atomic E-state index is 13.0. The Labute approximate surface area is 99.3 Å². The van der Waals surface area contributed by atoms with E-state index in [9.17, 15) is 13.2 Å². The third-order valence-electron chi connectivity index (χ3n) is 1.98. The Hall–Kier alpha value is -1.63. The molecule has 17 heavy (non-hydrogen) atoms. The highest BCUT2D eigenvalue weighted by Crippen LogP contribution is 2.28. The summed E-state index contributed by atoms with van der Waals surface area (Å²) in [5, 5.41) is 11.4. The average molecular weight is 259 g/mol. The molecular formula is C10H8F3N3S. The summed E-state index contributed by atoms with van der Waals surface area (Å²) in [5.74, 6) is -3.95. The second-order valence-electron chi connectivity index (χ2n) is 3.20. The van der Waals surface area contributed by atoms with Gasteiger partial charge in [0.15, 0.2) is 17.5 Å². The number of nitrogens with one attached hydrogen (secondary N) is 1. The topological polar surface area (TPSA) is 37.8 Å². The second-order valence-corrected chi connectivity index (χ2v) is 4.17. The molecule has 1 heterocycles. The Kier molecular flexibility index (Phi) is 3.28. The first-order valence-corrected chi connectivity index (χ1v) is 5.65. The molecule has 1 aromatic carbocycles. The van der Waals surface area contributed by atoms with Gasteiger partial charge in [0.1, 0.15) is 5.01 Å². The van der Waals surface area contributed by atoms with Crippen molar-refractivity contribution in [3.05, 3.63) is 29.6 Å². The van der Waals surface area contributed by atoms with Gasteiger partial charge in [-0.2, -0.15) is 0 Å². The zero-order chi connectivity index (χ0) is 12.4. The third-order valence-corrected chi connectivity index (χ3v) is 2.91. The van der Waals surface area contributed by atoms with Gasteiger partial charge < -0.3 is 5.32 Å². The number of nitrogens with zero attached hydrogens (tertiary/aromatic N) is 2. The maximum Gasteiger partial charge on any atom is 0.205 e. The standard InChI is InChI=1S/C10H8F3N3S/c1-2-14-10-16-15-9(17-10)5-3-6(11)8(13)7(12)4-5/h3-4H,2H2,1H3,(H,14,16). The van der Waals surface area contributed by atoms with Gasteiger partial charge in [0, 0.05) is 12.1 Å². The molecule has 1 aromatic heterocycles. The molecule has 0 atom stereocenters. The molecule has 0 aliphatic rings. The van der Waals surface area contributed by atoms with E-state index in [0.29, 0.717) is 16.7 Å². The summed E-state index contributed by atoms with van der Waals surface area (Å²) in [6.07, 6.45) is 0. The van der Waals surface area contributed by atoms with Gasteiger partial charge in [-0.1, -0.05) is 11.3 Å². The molecule has 0 aliphatic heterocycles. The zero-order valence-corrected chi connectivity index (χ0v) is 9.61. The van der Waals surface area contributed by atoms with E-state index in [2.05, 4.69) is 15.5 Å². The van der Waals surface area contributed by atoms with Crippen molar-refractivity contribution in [1.82, 2.24) is 10.2 Å². The van der Waals surface area contributed by atoms with Crippen molar-refractivity contribution in [3.8, 4) is 10.6 Å². The Balaban J connectivity index is 2.39. The van der Waals surface area contributed by atoms with Gasteiger partial charge in [-0.3, -0.25) is 0 Å². The number of hydrogen-bond donors (Lipinski definition) is 1. The molecule has 2 rings (SSSR count). The first kappa shape index (κ1) is 11.8. The number of hydrogen-bond acceptors (Lipinski definition) is 4. The molecule has 0 saturated carbocycles. The Morgan fingerprint density at radius 1 is 1.18 bits per heavy atom. The van der Waals surface area contributed by atoms with Crippen LogP contribution in [0.3, 0.4) is 0 Å². The van der Waals surface area contributed by atoms with Crippen LogP contribution in [0.2, 0.25) is 0 Å². The van der Waals surface area contributed by atoms with Crippen molar-refractivity contribution in [3.63, 3.8) is 0 Å². The predicted molar refractivity (Wildman–Crippen MR) is 59.4 cm³/mol. The molecule has 0 unspecified atom stereocenters. The quantitative estimate of drug-likeness (QED) is 0.861. The molecule has 0 radical (unpaired) electrons. The number of halogens is 3. The second kappa shape index (κ2) is 4.70. The Morgan fingerprint density at radius 2 is 1.82 bits per heavy atom. The van der Waals surface area contributed by atoms with E-state index in [1.54, 1.807) is 0 Å². The van der Waals surface area contributed by atoms with Crippen molar-refractivity contribution in [2.75, 3.05) is 11.9 Å².